The molecule has 1 amide bonds. The molecule has 0 aliphatic heterocycles. The lowest BCUT2D eigenvalue weighted by atomic mass is 9.67. The molecule has 0 fully saturated rings. The van der Waals surface area contributed by atoms with Gasteiger partial charge < -0.3 is 15.5 Å². The normalized spacial score (nSPS) is 12.0. The molecule has 0 aliphatic carbocycles. The second-order valence-electron chi connectivity index (χ2n) is 7.24. The van der Waals surface area contributed by atoms with E-state index in [2.05, 4.69) is 5.32 Å². The van der Waals surface area contributed by atoms with Crippen LogP contribution in [-0.2, 0) is 19.8 Å². The number of carbonyl (C=O) groups excluding carboxylic acids is 1. The van der Waals surface area contributed by atoms with Gasteiger partial charge in [0.1, 0.15) is 6.04 Å². The van der Waals surface area contributed by atoms with Gasteiger partial charge in [0.25, 0.3) is 0 Å². The minimum atomic E-state index is -1.51. The fraction of sp³-hybridized carbons (Fsp3) is 0.160. The number of hydrogen-bond acceptors (Lipinski definition) is 3. The molecule has 0 radical (unpaired) electrons. The van der Waals surface area contributed by atoms with Crippen LogP contribution < -0.4 is 5.32 Å². The summed E-state index contributed by atoms with van der Waals surface area (Å²) in [5.41, 5.74) is 1.72. The highest BCUT2D eigenvalue weighted by atomic mass is 16.4. The number of carboxylic acids is 2. The first-order chi connectivity index (χ1) is 14.9. The number of carboxylic acid groups (broad SMARTS) is 2. The first-order valence-electron chi connectivity index (χ1n) is 9.84. The quantitative estimate of drug-likeness (QED) is 0.463. The zero-order valence-electron chi connectivity index (χ0n) is 16.8. The van der Waals surface area contributed by atoms with E-state index >= 15 is 0 Å². The van der Waals surface area contributed by atoms with Crippen LogP contribution in [0.1, 0.15) is 29.5 Å². The van der Waals surface area contributed by atoms with Crippen LogP contribution >= 0.6 is 0 Å². The molecule has 3 aromatic rings. The average molecular weight is 417 g/mol. The Morgan fingerprint density at radius 1 is 0.710 bits per heavy atom. The molecule has 6 nitrogen and oxygen atoms in total. The van der Waals surface area contributed by atoms with E-state index < -0.39 is 35.7 Å². The van der Waals surface area contributed by atoms with Crippen molar-refractivity contribution in [3.8, 4) is 0 Å². The van der Waals surface area contributed by atoms with Gasteiger partial charge >= 0.3 is 11.9 Å². The van der Waals surface area contributed by atoms with Gasteiger partial charge in [0.15, 0.2) is 0 Å². The molecule has 6 heteroatoms. The average Bonchev–Trinajstić information content (AvgIpc) is 2.78. The number of aliphatic carboxylic acids is 2. The number of carbonyl (C=O) groups is 3. The molecular weight excluding hydrogens is 394 g/mol. The lowest BCUT2D eigenvalue weighted by Crippen LogP contribution is -2.45. The van der Waals surface area contributed by atoms with Crippen LogP contribution in [0.3, 0.4) is 0 Å². The summed E-state index contributed by atoms with van der Waals surface area (Å²) in [6.07, 6.45) is -0.787. The van der Waals surface area contributed by atoms with Crippen LogP contribution in [0.4, 0.5) is 0 Å². The predicted octanol–water partition coefficient (Wildman–Crippen LogP) is 3.46. The van der Waals surface area contributed by atoms with Gasteiger partial charge in [-0.05, 0) is 16.7 Å². The number of hydrogen-bond donors (Lipinski definition) is 3. The van der Waals surface area contributed by atoms with Gasteiger partial charge in [-0.15, -0.1) is 0 Å². The van der Waals surface area contributed by atoms with E-state index in [0.29, 0.717) is 0 Å². The second-order valence-corrected chi connectivity index (χ2v) is 7.24. The van der Waals surface area contributed by atoms with Crippen LogP contribution in [0.2, 0.25) is 0 Å². The molecule has 0 saturated heterocycles. The first-order valence-corrected chi connectivity index (χ1v) is 9.84. The van der Waals surface area contributed by atoms with Gasteiger partial charge in [-0.3, -0.25) is 9.59 Å². The Kier molecular flexibility index (Phi) is 6.82. The lowest BCUT2D eigenvalue weighted by molar-refractivity contribution is -0.147. The van der Waals surface area contributed by atoms with Crippen molar-refractivity contribution in [2.75, 3.05) is 0 Å². The maximum absolute atomic E-state index is 13.1. The third kappa shape index (κ3) is 4.98. The van der Waals surface area contributed by atoms with Crippen LogP contribution in [-0.4, -0.2) is 34.1 Å². The van der Waals surface area contributed by atoms with E-state index in [4.69, 9.17) is 5.11 Å². The molecule has 0 spiro atoms. The Hall–Kier alpha value is -3.93. The number of benzene rings is 3. The van der Waals surface area contributed by atoms with Gasteiger partial charge in [0.2, 0.25) is 5.91 Å². The van der Waals surface area contributed by atoms with Crippen LogP contribution in [0.15, 0.2) is 91.0 Å². The Balaban J connectivity index is 2.11. The molecule has 0 saturated carbocycles. The summed E-state index contributed by atoms with van der Waals surface area (Å²) in [7, 11) is 0. The number of nitrogens with one attached hydrogen (secondary N) is 1. The van der Waals surface area contributed by atoms with Crippen molar-refractivity contribution in [3.63, 3.8) is 0 Å². The fourth-order valence-corrected chi connectivity index (χ4v) is 3.84. The number of rotatable bonds is 9. The molecule has 0 unspecified atom stereocenters. The van der Waals surface area contributed by atoms with E-state index in [0.717, 1.165) is 16.7 Å². The summed E-state index contributed by atoms with van der Waals surface area (Å²) < 4.78 is 0. The lowest BCUT2D eigenvalue weighted by Gasteiger charge is -2.36. The Bertz CT molecular complexity index is 939. The maximum Gasteiger partial charge on any atom is 0.326 e. The Morgan fingerprint density at radius 2 is 1.10 bits per heavy atom. The largest absolute Gasteiger partial charge is 0.481 e. The molecule has 158 valence electrons. The molecular formula is C25H23NO5. The third-order valence-electron chi connectivity index (χ3n) is 5.24. The molecule has 1 atom stereocenters. The molecule has 0 heterocycles. The topological polar surface area (TPSA) is 104 Å². The van der Waals surface area contributed by atoms with E-state index in [1.54, 1.807) is 0 Å². The van der Waals surface area contributed by atoms with Crippen LogP contribution in [0, 0.1) is 0 Å². The van der Waals surface area contributed by atoms with E-state index in [1.165, 1.54) is 0 Å². The number of amides is 1. The zero-order valence-corrected chi connectivity index (χ0v) is 16.8. The highest BCUT2D eigenvalue weighted by Crippen LogP contribution is 2.42. The van der Waals surface area contributed by atoms with Crippen molar-refractivity contribution in [1.82, 2.24) is 5.32 Å². The maximum atomic E-state index is 13.1. The minimum Gasteiger partial charge on any atom is -0.481 e. The van der Waals surface area contributed by atoms with Crippen molar-refractivity contribution in [1.29, 1.82) is 0 Å². The molecule has 3 N–H and O–H groups in total. The van der Waals surface area contributed by atoms with Crippen LogP contribution in [0.25, 0.3) is 0 Å². The van der Waals surface area contributed by atoms with Gasteiger partial charge in [0.05, 0.1) is 11.8 Å². The summed E-state index contributed by atoms with van der Waals surface area (Å²) in [6, 6.07) is 27.1. The Morgan fingerprint density at radius 3 is 1.42 bits per heavy atom. The van der Waals surface area contributed by atoms with Gasteiger partial charge in [-0.25, -0.2) is 4.79 Å². The van der Waals surface area contributed by atoms with Gasteiger partial charge in [0, 0.05) is 6.42 Å². The summed E-state index contributed by atoms with van der Waals surface area (Å²) in [5.74, 6) is -3.24. The molecule has 0 aliphatic rings. The Labute approximate surface area is 180 Å². The van der Waals surface area contributed by atoms with Crippen molar-refractivity contribution < 1.29 is 24.6 Å². The standard InChI is InChI=1S/C25H23NO5/c27-22(26-21(24(30)31)16-23(28)29)17-25(18-10-4-1-5-11-18,19-12-6-2-7-13-19)20-14-8-3-9-15-20/h1-15,21H,16-17H2,(H,26,27)(H,28,29)(H,30,31)/t21-/m1/s1. The fourth-order valence-electron chi connectivity index (χ4n) is 3.84. The van der Waals surface area contributed by atoms with E-state index in [-0.39, 0.29) is 6.42 Å². The minimum absolute atomic E-state index is 0.0889. The van der Waals surface area contributed by atoms with Crippen molar-refractivity contribution in [2.45, 2.75) is 24.3 Å². The molecule has 3 aromatic carbocycles. The summed E-state index contributed by atoms with van der Waals surface area (Å²) in [5, 5.41) is 20.7. The predicted molar refractivity (Wildman–Crippen MR) is 116 cm³/mol. The molecule has 3 rings (SSSR count). The van der Waals surface area contributed by atoms with Gasteiger partial charge in [-0.1, -0.05) is 91.0 Å². The van der Waals surface area contributed by atoms with Crippen molar-refractivity contribution >= 4 is 17.8 Å². The second kappa shape index (κ2) is 9.71. The highest BCUT2D eigenvalue weighted by molar-refractivity contribution is 5.88. The van der Waals surface area contributed by atoms with Crippen molar-refractivity contribution in [3.05, 3.63) is 108 Å². The van der Waals surface area contributed by atoms with Crippen molar-refractivity contribution in [2.24, 2.45) is 0 Å². The summed E-state index contributed by atoms with van der Waals surface area (Å²) >= 11 is 0. The zero-order chi connectivity index (χ0) is 22.3. The monoisotopic (exact) mass is 417 g/mol. The molecule has 0 bridgehead atoms. The summed E-state index contributed by atoms with van der Waals surface area (Å²) in [4.78, 5) is 35.6. The van der Waals surface area contributed by atoms with Crippen LogP contribution in [0.5, 0.6) is 0 Å². The molecule has 31 heavy (non-hydrogen) atoms. The first kappa shape index (κ1) is 21.8. The highest BCUT2D eigenvalue weighted by Gasteiger charge is 2.39. The SMILES string of the molecule is O=C(O)C[C@@H](NC(=O)CC(c1ccccc1)(c1ccccc1)c1ccccc1)C(=O)O. The third-order valence-corrected chi connectivity index (χ3v) is 5.24. The smallest absolute Gasteiger partial charge is 0.326 e. The summed E-state index contributed by atoms with van der Waals surface area (Å²) in [6.45, 7) is 0. The molecule has 0 aromatic heterocycles. The van der Waals surface area contributed by atoms with E-state index in [1.807, 2.05) is 91.0 Å². The van der Waals surface area contributed by atoms with E-state index in [9.17, 15) is 19.5 Å². The van der Waals surface area contributed by atoms with Gasteiger partial charge in [-0.2, -0.15) is 0 Å².